The van der Waals surface area contributed by atoms with Crippen LogP contribution in [-0.4, -0.2) is 36.6 Å². The second-order valence-corrected chi connectivity index (χ2v) is 4.50. The summed E-state index contributed by atoms with van der Waals surface area (Å²) in [6.07, 6.45) is 4.05. The quantitative estimate of drug-likeness (QED) is 0.765. The van der Waals surface area contributed by atoms with Gasteiger partial charge in [-0.05, 0) is 31.4 Å². The molecule has 7 nitrogen and oxygen atoms in total. The van der Waals surface area contributed by atoms with Crippen LogP contribution in [-0.2, 0) is 4.79 Å². The molecule has 0 unspecified atom stereocenters. The number of pyridine rings is 1. The highest BCUT2D eigenvalue weighted by atomic mass is 16.5. The van der Waals surface area contributed by atoms with Gasteiger partial charge in [0.2, 0.25) is 11.8 Å². The largest absolute Gasteiger partial charge is 0.480 e. The van der Waals surface area contributed by atoms with Crippen LogP contribution in [0.4, 0.5) is 10.5 Å². The molecule has 3 N–H and O–H groups in total. The van der Waals surface area contributed by atoms with Crippen LogP contribution in [0.25, 0.3) is 0 Å². The summed E-state index contributed by atoms with van der Waals surface area (Å²) in [7, 11) is 1.48. The summed E-state index contributed by atoms with van der Waals surface area (Å²) in [6, 6.07) is 2.42. The Morgan fingerprint density at radius 3 is 3.15 bits per heavy atom. The van der Waals surface area contributed by atoms with E-state index < -0.39 is 12.1 Å². The van der Waals surface area contributed by atoms with Crippen molar-refractivity contribution in [2.24, 2.45) is 0 Å². The number of nitrogens with zero attached hydrogens (tertiary/aromatic N) is 1. The highest BCUT2D eigenvalue weighted by Crippen LogP contribution is 2.19. The van der Waals surface area contributed by atoms with E-state index in [0.29, 0.717) is 24.5 Å². The van der Waals surface area contributed by atoms with Crippen molar-refractivity contribution in [2.45, 2.75) is 25.3 Å². The Balaban J connectivity index is 1.96. The Hall–Kier alpha value is -2.31. The fourth-order valence-electron chi connectivity index (χ4n) is 2.04. The van der Waals surface area contributed by atoms with Gasteiger partial charge in [0.05, 0.1) is 7.11 Å². The summed E-state index contributed by atoms with van der Waals surface area (Å²) in [5, 5.41) is 8.06. The number of amides is 3. The van der Waals surface area contributed by atoms with Gasteiger partial charge in [-0.2, -0.15) is 0 Å². The van der Waals surface area contributed by atoms with Gasteiger partial charge in [0.1, 0.15) is 11.7 Å². The molecule has 1 saturated heterocycles. The summed E-state index contributed by atoms with van der Waals surface area (Å²) in [6.45, 7) is 0.662. The van der Waals surface area contributed by atoms with E-state index in [1.807, 2.05) is 0 Å². The molecule has 0 radical (unpaired) electrons. The summed E-state index contributed by atoms with van der Waals surface area (Å²) < 4.78 is 5.04. The molecule has 0 spiro atoms. The Labute approximate surface area is 117 Å². The van der Waals surface area contributed by atoms with Gasteiger partial charge in [-0.25, -0.2) is 9.78 Å². The van der Waals surface area contributed by atoms with Crippen molar-refractivity contribution >= 4 is 17.6 Å². The minimum atomic E-state index is -0.500. The number of carbonyl (C=O) groups excluding carboxylic acids is 2. The van der Waals surface area contributed by atoms with E-state index in [-0.39, 0.29) is 5.91 Å². The molecule has 2 heterocycles. The standard InChI is InChI=1S/C13H18N4O3/c1-20-12-10(6-4-8-15-12)17-13(19)16-9-5-2-3-7-14-11(9)18/h4,6,8-9H,2-3,5,7H2,1H3,(H,14,18)(H2,16,17,19)/t9-/m0/s1. The molecule has 2 rings (SSSR count). The first kappa shape index (κ1) is 14.1. The van der Waals surface area contributed by atoms with Gasteiger partial charge >= 0.3 is 6.03 Å². The molecular weight excluding hydrogens is 260 g/mol. The number of hydrogen-bond donors (Lipinski definition) is 3. The number of carbonyl (C=O) groups is 2. The van der Waals surface area contributed by atoms with E-state index in [1.165, 1.54) is 7.11 Å². The third-order valence-corrected chi connectivity index (χ3v) is 3.05. The average molecular weight is 278 g/mol. The molecule has 108 valence electrons. The van der Waals surface area contributed by atoms with Gasteiger partial charge < -0.3 is 20.7 Å². The van der Waals surface area contributed by atoms with E-state index in [9.17, 15) is 9.59 Å². The minimum Gasteiger partial charge on any atom is -0.480 e. The fourth-order valence-corrected chi connectivity index (χ4v) is 2.04. The maximum atomic E-state index is 11.9. The molecule has 20 heavy (non-hydrogen) atoms. The third kappa shape index (κ3) is 3.59. The minimum absolute atomic E-state index is 0.143. The smallest absolute Gasteiger partial charge is 0.320 e. The summed E-state index contributed by atoms with van der Waals surface area (Å²) in [5.74, 6) is 0.184. The van der Waals surface area contributed by atoms with Gasteiger partial charge in [0, 0.05) is 12.7 Å². The van der Waals surface area contributed by atoms with E-state index >= 15 is 0 Å². The topological polar surface area (TPSA) is 92.3 Å². The first-order chi connectivity index (χ1) is 9.70. The lowest BCUT2D eigenvalue weighted by Gasteiger charge is -2.16. The van der Waals surface area contributed by atoms with Crippen molar-refractivity contribution in [2.75, 3.05) is 19.0 Å². The van der Waals surface area contributed by atoms with E-state index in [4.69, 9.17) is 4.74 Å². The molecule has 0 saturated carbocycles. The first-order valence-electron chi connectivity index (χ1n) is 6.55. The predicted molar refractivity (Wildman–Crippen MR) is 73.6 cm³/mol. The van der Waals surface area contributed by atoms with Crippen molar-refractivity contribution < 1.29 is 14.3 Å². The fraction of sp³-hybridized carbons (Fsp3) is 0.462. The molecule has 1 aliphatic heterocycles. The molecule has 3 amide bonds. The van der Waals surface area contributed by atoms with Gasteiger partial charge in [-0.1, -0.05) is 0 Å². The Morgan fingerprint density at radius 2 is 2.35 bits per heavy atom. The van der Waals surface area contributed by atoms with Crippen molar-refractivity contribution in [1.82, 2.24) is 15.6 Å². The lowest BCUT2D eigenvalue weighted by molar-refractivity contribution is -0.122. The monoisotopic (exact) mass is 278 g/mol. The van der Waals surface area contributed by atoms with Crippen molar-refractivity contribution in [1.29, 1.82) is 0 Å². The van der Waals surface area contributed by atoms with Crippen LogP contribution in [0.5, 0.6) is 5.88 Å². The highest BCUT2D eigenvalue weighted by Gasteiger charge is 2.22. The lowest BCUT2D eigenvalue weighted by Crippen LogP contribution is -2.47. The number of ether oxygens (including phenoxy) is 1. The van der Waals surface area contributed by atoms with Crippen LogP contribution in [0.15, 0.2) is 18.3 Å². The number of urea groups is 1. The Morgan fingerprint density at radius 1 is 1.50 bits per heavy atom. The van der Waals surface area contributed by atoms with Gasteiger partial charge in [-0.15, -0.1) is 0 Å². The molecule has 1 aliphatic rings. The lowest BCUT2D eigenvalue weighted by atomic mass is 10.1. The van der Waals surface area contributed by atoms with Crippen LogP contribution in [0, 0.1) is 0 Å². The zero-order valence-corrected chi connectivity index (χ0v) is 11.3. The molecule has 1 atom stereocenters. The summed E-state index contributed by atoms with van der Waals surface area (Å²) >= 11 is 0. The van der Waals surface area contributed by atoms with E-state index in [2.05, 4.69) is 20.9 Å². The van der Waals surface area contributed by atoms with Gasteiger partial charge in [0.15, 0.2) is 0 Å². The molecule has 1 aromatic rings. The third-order valence-electron chi connectivity index (χ3n) is 3.05. The maximum Gasteiger partial charge on any atom is 0.320 e. The molecule has 0 bridgehead atoms. The highest BCUT2D eigenvalue weighted by molar-refractivity contribution is 5.94. The van der Waals surface area contributed by atoms with Crippen LogP contribution < -0.4 is 20.7 Å². The number of methoxy groups -OCH3 is 1. The molecule has 1 aromatic heterocycles. The molecule has 7 heteroatoms. The molecule has 0 aliphatic carbocycles. The number of anilines is 1. The zero-order chi connectivity index (χ0) is 14.4. The van der Waals surface area contributed by atoms with Crippen LogP contribution >= 0.6 is 0 Å². The second-order valence-electron chi connectivity index (χ2n) is 4.50. The Kier molecular flexibility index (Phi) is 4.75. The van der Waals surface area contributed by atoms with Crippen LogP contribution in [0.2, 0.25) is 0 Å². The van der Waals surface area contributed by atoms with Crippen molar-refractivity contribution in [3.05, 3.63) is 18.3 Å². The Bertz CT molecular complexity index is 492. The molecule has 1 fully saturated rings. The number of rotatable bonds is 3. The van der Waals surface area contributed by atoms with Crippen molar-refractivity contribution in [3.63, 3.8) is 0 Å². The first-order valence-corrected chi connectivity index (χ1v) is 6.55. The number of aromatic nitrogens is 1. The zero-order valence-electron chi connectivity index (χ0n) is 11.3. The normalized spacial score (nSPS) is 18.6. The summed E-state index contributed by atoms with van der Waals surface area (Å²) in [4.78, 5) is 27.6. The summed E-state index contributed by atoms with van der Waals surface area (Å²) in [5.41, 5.74) is 0.460. The molecular formula is C13H18N4O3. The van der Waals surface area contributed by atoms with E-state index in [0.717, 1.165) is 12.8 Å². The maximum absolute atomic E-state index is 11.9. The second kappa shape index (κ2) is 6.74. The van der Waals surface area contributed by atoms with Crippen LogP contribution in [0.1, 0.15) is 19.3 Å². The van der Waals surface area contributed by atoms with Gasteiger partial charge in [0.25, 0.3) is 0 Å². The molecule has 0 aromatic carbocycles. The number of nitrogens with one attached hydrogen (secondary N) is 3. The number of hydrogen-bond acceptors (Lipinski definition) is 4. The van der Waals surface area contributed by atoms with E-state index in [1.54, 1.807) is 18.3 Å². The van der Waals surface area contributed by atoms with Gasteiger partial charge in [-0.3, -0.25) is 4.79 Å². The SMILES string of the molecule is COc1ncccc1NC(=O)N[C@H]1CCCCNC1=O. The predicted octanol–water partition coefficient (Wildman–Crippen LogP) is 0.880. The average Bonchev–Trinajstić information content (AvgIpc) is 2.65. The van der Waals surface area contributed by atoms with Crippen molar-refractivity contribution in [3.8, 4) is 5.88 Å². The van der Waals surface area contributed by atoms with Crippen LogP contribution in [0.3, 0.4) is 0 Å².